The number of rotatable bonds is 0. The van der Waals surface area contributed by atoms with Gasteiger partial charge in [-0.05, 0) is 12.1 Å². The average Bonchev–Trinajstić information content (AvgIpc) is 2.72. The number of hydrogen-bond donors (Lipinski definition) is 0. The van der Waals surface area contributed by atoms with Crippen molar-refractivity contribution in [3.05, 3.63) is 48.3 Å². The molecule has 3 nitrogen and oxygen atoms in total. The van der Waals surface area contributed by atoms with Crippen molar-refractivity contribution in [1.82, 2.24) is 9.61 Å². The molecule has 1 aromatic carbocycles. The number of nitriles is 1. The smallest absolute Gasteiger partial charge is 0.142 e. The monoisotopic (exact) mass is 193 g/mol. The molecule has 0 saturated heterocycles. The molecule has 0 radical (unpaired) electrons. The predicted molar refractivity (Wildman–Crippen MR) is 57.4 cm³/mol. The molecule has 0 saturated carbocycles. The molecule has 0 bridgehead atoms. The first kappa shape index (κ1) is 8.01. The zero-order valence-corrected chi connectivity index (χ0v) is 7.88. The number of fused-ring (bicyclic) bond motifs is 3. The largest absolute Gasteiger partial charge is 0.222 e. The van der Waals surface area contributed by atoms with Gasteiger partial charge in [0, 0.05) is 10.8 Å². The molecule has 2 heterocycles. The highest BCUT2D eigenvalue weighted by molar-refractivity contribution is 5.95. The highest BCUT2D eigenvalue weighted by atomic mass is 15.2. The summed E-state index contributed by atoms with van der Waals surface area (Å²) >= 11 is 0. The summed E-state index contributed by atoms with van der Waals surface area (Å²) in [6.45, 7) is 0. The molecule has 3 heteroatoms. The number of nitrogens with zero attached hydrogens (tertiary/aromatic N) is 3. The SMILES string of the molecule is N#Cc1ccc2c3ccccc3cnn12. The van der Waals surface area contributed by atoms with Crippen LogP contribution >= 0.6 is 0 Å². The summed E-state index contributed by atoms with van der Waals surface area (Å²) in [5.74, 6) is 0. The molecule has 0 fully saturated rings. The van der Waals surface area contributed by atoms with Gasteiger partial charge >= 0.3 is 0 Å². The summed E-state index contributed by atoms with van der Waals surface area (Å²) in [6, 6.07) is 13.8. The number of aromatic nitrogens is 2. The second kappa shape index (κ2) is 2.82. The Kier molecular flexibility index (Phi) is 1.51. The van der Waals surface area contributed by atoms with E-state index in [1.807, 2.05) is 30.3 Å². The van der Waals surface area contributed by atoms with Crippen LogP contribution in [0.1, 0.15) is 5.69 Å². The van der Waals surface area contributed by atoms with Gasteiger partial charge in [0.25, 0.3) is 0 Å². The third-order valence-electron chi connectivity index (χ3n) is 2.52. The van der Waals surface area contributed by atoms with Gasteiger partial charge in [-0.3, -0.25) is 0 Å². The van der Waals surface area contributed by atoms with Crippen LogP contribution in [0.5, 0.6) is 0 Å². The Morgan fingerprint density at radius 2 is 2.00 bits per heavy atom. The van der Waals surface area contributed by atoms with Crippen molar-refractivity contribution in [2.45, 2.75) is 0 Å². The van der Waals surface area contributed by atoms with Crippen molar-refractivity contribution in [3.63, 3.8) is 0 Å². The molecule has 0 aliphatic carbocycles. The van der Waals surface area contributed by atoms with Crippen LogP contribution in [0.15, 0.2) is 42.6 Å². The predicted octanol–water partition coefficient (Wildman–Crippen LogP) is 2.36. The van der Waals surface area contributed by atoms with E-state index >= 15 is 0 Å². The van der Waals surface area contributed by atoms with Crippen LogP contribution in [0, 0.1) is 11.3 Å². The van der Waals surface area contributed by atoms with E-state index in [9.17, 15) is 0 Å². The van der Waals surface area contributed by atoms with Gasteiger partial charge in [-0.15, -0.1) is 0 Å². The normalized spacial score (nSPS) is 10.6. The Morgan fingerprint density at radius 3 is 2.87 bits per heavy atom. The molecular weight excluding hydrogens is 186 g/mol. The molecule has 3 rings (SSSR count). The van der Waals surface area contributed by atoms with E-state index in [0.29, 0.717) is 5.69 Å². The van der Waals surface area contributed by atoms with Crippen LogP contribution in [-0.2, 0) is 0 Å². The van der Waals surface area contributed by atoms with Crippen LogP contribution < -0.4 is 0 Å². The Labute approximate surface area is 86.2 Å². The number of benzene rings is 1. The van der Waals surface area contributed by atoms with Gasteiger partial charge in [0.2, 0.25) is 0 Å². The lowest BCUT2D eigenvalue weighted by Gasteiger charge is -2.00. The maximum atomic E-state index is 8.89. The second-order valence-electron chi connectivity index (χ2n) is 3.36. The van der Waals surface area contributed by atoms with Crippen molar-refractivity contribution < 1.29 is 0 Å². The first-order chi connectivity index (χ1) is 7.40. The molecule has 0 N–H and O–H groups in total. The zero-order valence-electron chi connectivity index (χ0n) is 7.88. The highest BCUT2D eigenvalue weighted by Crippen LogP contribution is 2.19. The van der Waals surface area contributed by atoms with Gasteiger partial charge in [0.05, 0.1) is 11.7 Å². The molecule has 2 aromatic heterocycles. The van der Waals surface area contributed by atoms with E-state index in [1.165, 1.54) is 0 Å². The van der Waals surface area contributed by atoms with Gasteiger partial charge in [-0.2, -0.15) is 10.4 Å². The molecule has 15 heavy (non-hydrogen) atoms. The van der Waals surface area contributed by atoms with E-state index in [2.05, 4.69) is 11.2 Å². The van der Waals surface area contributed by atoms with Gasteiger partial charge < -0.3 is 0 Å². The lowest BCUT2D eigenvalue weighted by Crippen LogP contribution is -1.93. The molecular formula is C12H7N3. The minimum Gasteiger partial charge on any atom is -0.222 e. The van der Waals surface area contributed by atoms with Crippen molar-refractivity contribution in [2.24, 2.45) is 0 Å². The van der Waals surface area contributed by atoms with Crippen molar-refractivity contribution >= 4 is 16.3 Å². The fraction of sp³-hybridized carbons (Fsp3) is 0. The van der Waals surface area contributed by atoms with Gasteiger partial charge in [-0.25, -0.2) is 4.52 Å². The Bertz CT molecular complexity index is 689. The third kappa shape index (κ3) is 1.02. The van der Waals surface area contributed by atoms with Gasteiger partial charge in [0.15, 0.2) is 0 Å². The molecule has 0 aliphatic heterocycles. The van der Waals surface area contributed by atoms with Crippen molar-refractivity contribution in [1.29, 1.82) is 5.26 Å². The highest BCUT2D eigenvalue weighted by Gasteiger charge is 2.04. The van der Waals surface area contributed by atoms with Gasteiger partial charge in [0.1, 0.15) is 11.8 Å². The minimum atomic E-state index is 0.566. The molecule has 0 aliphatic rings. The summed E-state index contributed by atoms with van der Waals surface area (Å²) in [4.78, 5) is 0. The number of hydrogen-bond acceptors (Lipinski definition) is 2. The third-order valence-corrected chi connectivity index (χ3v) is 2.52. The van der Waals surface area contributed by atoms with Gasteiger partial charge in [-0.1, -0.05) is 24.3 Å². The first-order valence-corrected chi connectivity index (χ1v) is 4.66. The van der Waals surface area contributed by atoms with Crippen molar-refractivity contribution in [3.8, 4) is 6.07 Å². The van der Waals surface area contributed by atoms with Crippen LogP contribution in [0.4, 0.5) is 0 Å². The molecule has 0 spiro atoms. The summed E-state index contributed by atoms with van der Waals surface area (Å²) in [6.07, 6.45) is 1.78. The van der Waals surface area contributed by atoms with Crippen LogP contribution in [-0.4, -0.2) is 9.61 Å². The first-order valence-electron chi connectivity index (χ1n) is 4.66. The van der Waals surface area contributed by atoms with E-state index in [-0.39, 0.29) is 0 Å². The van der Waals surface area contributed by atoms with E-state index in [4.69, 9.17) is 5.26 Å². The maximum absolute atomic E-state index is 8.89. The lowest BCUT2D eigenvalue weighted by atomic mass is 10.2. The standard InChI is InChI=1S/C12H7N3/c13-7-10-5-6-12-11-4-2-1-3-9(11)8-14-15(10)12/h1-6,8H. The summed E-state index contributed by atoms with van der Waals surface area (Å²) in [5, 5.41) is 15.3. The van der Waals surface area contributed by atoms with E-state index in [1.54, 1.807) is 16.8 Å². The zero-order chi connectivity index (χ0) is 10.3. The molecule has 0 atom stereocenters. The van der Waals surface area contributed by atoms with Crippen LogP contribution in [0.2, 0.25) is 0 Å². The van der Waals surface area contributed by atoms with E-state index < -0.39 is 0 Å². The molecule has 0 amide bonds. The topological polar surface area (TPSA) is 41.1 Å². The summed E-state index contributed by atoms with van der Waals surface area (Å²) in [5.41, 5.74) is 1.54. The minimum absolute atomic E-state index is 0.566. The summed E-state index contributed by atoms with van der Waals surface area (Å²) in [7, 11) is 0. The lowest BCUT2D eigenvalue weighted by molar-refractivity contribution is 0.935. The summed E-state index contributed by atoms with van der Waals surface area (Å²) < 4.78 is 1.67. The Hall–Kier alpha value is -2.34. The Morgan fingerprint density at radius 1 is 1.13 bits per heavy atom. The molecule has 70 valence electrons. The maximum Gasteiger partial charge on any atom is 0.142 e. The fourth-order valence-electron chi connectivity index (χ4n) is 1.80. The fourth-order valence-corrected chi connectivity index (χ4v) is 1.80. The van der Waals surface area contributed by atoms with E-state index in [0.717, 1.165) is 16.3 Å². The van der Waals surface area contributed by atoms with Crippen molar-refractivity contribution in [2.75, 3.05) is 0 Å². The Balaban J connectivity index is 2.57. The molecule has 3 aromatic rings. The van der Waals surface area contributed by atoms with Crippen LogP contribution in [0.25, 0.3) is 16.3 Å². The quantitative estimate of drug-likeness (QED) is 0.550. The molecule has 0 unspecified atom stereocenters. The second-order valence-corrected chi connectivity index (χ2v) is 3.36. The van der Waals surface area contributed by atoms with Crippen LogP contribution in [0.3, 0.4) is 0 Å². The average molecular weight is 193 g/mol.